The lowest BCUT2D eigenvalue weighted by atomic mass is 10.0. The Hall–Kier alpha value is -2.85. The number of likely N-dealkylation sites (tertiary alicyclic amines) is 1. The van der Waals surface area contributed by atoms with Crippen LogP contribution in [0.1, 0.15) is 41.3 Å². The van der Waals surface area contributed by atoms with Crippen molar-refractivity contribution in [3.05, 3.63) is 77.0 Å². The summed E-state index contributed by atoms with van der Waals surface area (Å²) in [6.45, 7) is 4.39. The van der Waals surface area contributed by atoms with Gasteiger partial charge in [-0.2, -0.15) is 0 Å². The van der Waals surface area contributed by atoms with Crippen LogP contribution in [0, 0.1) is 6.92 Å². The summed E-state index contributed by atoms with van der Waals surface area (Å²) in [5, 5.41) is 1.35. The smallest absolute Gasteiger partial charge is 0.330 e. The minimum absolute atomic E-state index is 0.330. The van der Waals surface area contributed by atoms with Crippen LogP contribution in [0.2, 0.25) is 0 Å². The molecule has 1 aliphatic heterocycles. The molecule has 3 aromatic rings. The zero-order valence-corrected chi connectivity index (χ0v) is 17.2. The van der Waals surface area contributed by atoms with Gasteiger partial charge in [-0.3, -0.25) is 4.90 Å². The fourth-order valence-electron chi connectivity index (χ4n) is 4.45. The summed E-state index contributed by atoms with van der Waals surface area (Å²) in [4.78, 5) is 17.4. The van der Waals surface area contributed by atoms with Gasteiger partial charge in [0.1, 0.15) is 0 Å². The minimum Gasteiger partial charge on any atom is -0.466 e. The summed E-state index contributed by atoms with van der Waals surface area (Å²) < 4.78 is 4.65. The molecule has 2 heterocycles. The number of methoxy groups -OCH3 is 1. The molecule has 0 saturated carbocycles. The zero-order valence-electron chi connectivity index (χ0n) is 17.2. The number of carbonyl (C=O) groups excluding carboxylic acids is 1. The van der Waals surface area contributed by atoms with E-state index in [0.717, 1.165) is 25.1 Å². The van der Waals surface area contributed by atoms with Crippen molar-refractivity contribution in [1.82, 2.24) is 9.88 Å². The van der Waals surface area contributed by atoms with Crippen molar-refractivity contribution in [3.8, 4) is 0 Å². The summed E-state index contributed by atoms with van der Waals surface area (Å²) >= 11 is 0. The molecule has 2 aromatic carbocycles. The molecule has 0 amide bonds. The van der Waals surface area contributed by atoms with Gasteiger partial charge in [0, 0.05) is 35.3 Å². The number of nitrogens with zero attached hydrogens (tertiary/aromatic N) is 1. The molecular weight excluding hydrogens is 360 g/mol. The first-order valence-electron chi connectivity index (χ1n) is 10.3. The molecule has 1 unspecified atom stereocenters. The van der Waals surface area contributed by atoms with Crippen molar-refractivity contribution in [2.45, 2.75) is 32.2 Å². The van der Waals surface area contributed by atoms with E-state index in [0.29, 0.717) is 6.04 Å². The average Bonchev–Trinajstić information content (AvgIpc) is 3.34. The predicted molar refractivity (Wildman–Crippen MR) is 118 cm³/mol. The number of ether oxygens (including phenoxy) is 1. The van der Waals surface area contributed by atoms with Gasteiger partial charge in [0.15, 0.2) is 0 Å². The highest BCUT2D eigenvalue weighted by molar-refractivity contribution is 5.87. The summed E-state index contributed by atoms with van der Waals surface area (Å²) in [6, 6.07) is 17.6. The van der Waals surface area contributed by atoms with Gasteiger partial charge >= 0.3 is 5.97 Å². The van der Waals surface area contributed by atoms with Crippen LogP contribution in [-0.4, -0.2) is 36.1 Å². The van der Waals surface area contributed by atoms with Gasteiger partial charge < -0.3 is 9.72 Å². The third kappa shape index (κ3) is 4.28. The monoisotopic (exact) mass is 388 g/mol. The van der Waals surface area contributed by atoms with Crippen molar-refractivity contribution in [3.63, 3.8) is 0 Å². The van der Waals surface area contributed by atoms with Crippen molar-refractivity contribution < 1.29 is 9.53 Å². The van der Waals surface area contributed by atoms with Crippen molar-refractivity contribution in [1.29, 1.82) is 0 Å². The second-order valence-electron chi connectivity index (χ2n) is 7.74. The first kappa shape index (κ1) is 19.5. The van der Waals surface area contributed by atoms with E-state index in [1.54, 1.807) is 6.08 Å². The molecule has 0 bridgehead atoms. The summed E-state index contributed by atoms with van der Waals surface area (Å²) in [7, 11) is 1.39. The number of nitrogens with one attached hydrogen (secondary N) is 1. The average molecular weight is 389 g/mol. The lowest BCUT2D eigenvalue weighted by Crippen LogP contribution is -2.25. The first-order valence-corrected chi connectivity index (χ1v) is 10.3. The number of rotatable bonds is 6. The number of H-pyrrole nitrogens is 1. The highest BCUT2D eigenvalue weighted by atomic mass is 16.5. The Morgan fingerprint density at radius 1 is 1.21 bits per heavy atom. The van der Waals surface area contributed by atoms with Crippen LogP contribution in [0.3, 0.4) is 0 Å². The largest absolute Gasteiger partial charge is 0.466 e. The van der Waals surface area contributed by atoms with Gasteiger partial charge in [0.25, 0.3) is 0 Å². The second-order valence-corrected chi connectivity index (χ2v) is 7.74. The van der Waals surface area contributed by atoms with Crippen LogP contribution in [-0.2, 0) is 16.0 Å². The molecule has 1 N–H and O–H groups in total. The molecule has 0 radical (unpaired) electrons. The standard InChI is InChI=1S/C25H28N2O2/c1-18-21(22-6-3-4-7-23(22)26-18)15-17-27-16-5-8-24(27)20-12-9-19(10-13-20)11-14-25(28)29-2/h3-4,6-7,9-14,24,26H,5,8,15-17H2,1-2H3. The Labute approximate surface area is 172 Å². The molecular formula is C25H28N2O2. The van der Waals surface area contributed by atoms with Crippen LogP contribution < -0.4 is 0 Å². The van der Waals surface area contributed by atoms with E-state index in [-0.39, 0.29) is 5.97 Å². The molecule has 1 fully saturated rings. The molecule has 1 atom stereocenters. The third-order valence-electron chi connectivity index (χ3n) is 5.97. The highest BCUT2D eigenvalue weighted by Crippen LogP contribution is 2.33. The lowest BCUT2D eigenvalue weighted by Gasteiger charge is -2.25. The quantitative estimate of drug-likeness (QED) is 0.475. The number of aryl methyl sites for hydroxylation is 1. The minimum atomic E-state index is -0.330. The molecule has 1 saturated heterocycles. The van der Waals surface area contributed by atoms with Crippen molar-refractivity contribution in [2.75, 3.05) is 20.2 Å². The van der Waals surface area contributed by atoms with E-state index in [4.69, 9.17) is 0 Å². The number of hydrogen-bond donors (Lipinski definition) is 1. The van der Waals surface area contributed by atoms with Gasteiger partial charge in [-0.25, -0.2) is 4.79 Å². The van der Waals surface area contributed by atoms with E-state index in [1.807, 2.05) is 0 Å². The van der Waals surface area contributed by atoms with E-state index in [9.17, 15) is 4.79 Å². The fourth-order valence-corrected chi connectivity index (χ4v) is 4.45. The molecule has 150 valence electrons. The van der Waals surface area contributed by atoms with Gasteiger partial charge in [0.2, 0.25) is 0 Å². The van der Waals surface area contributed by atoms with Crippen LogP contribution in [0.15, 0.2) is 54.6 Å². The molecule has 1 aliphatic rings. The summed E-state index contributed by atoms with van der Waals surface area (Å²) in [6.07, 6.45) is 6.75. The number of fused-ring (bicyclic) bond motifs is 1. The Morgan fingerprint density at radius 3 is 2.79 bits per heavy atom. The molecule has 29 heavy (non-hydrogen) atoms. The Morgan fingerprint density at radius 2 is 2.00 bits per heavy atom. The second kappa shape index (κ2) is 8.66. The third-order valence-corrected chi connectivity index (χ3v) is 5.97. The number of carbonyl (C=O) groups is 1. The Bertz CT molecular complexity index is 1020. The molecule has 4 nitrogen and oxygen atoms in total. The number of aromatic amines is 1. The molecule has 0 spiro atoms. The maximum absolute atomic E-state index is 11.3. The van der Waals surface area contributed by atoms with E-state index in [1.165, 1.54) is 53.8 Å². The fraction of sp³-hybridized carbons (Fsp3) is 0.320. The Kier molecular flexibility index (Phi) is 5.81. The SMILES string of the molecule is COC(=O)C=Cc1ccc(C2CCCN2CCc2c(C)[nH]c3ccccc23)cc1. The van der Waals surface area contributed by atoms with Gasteiger partial charge in [-0.05, 0) is 61.6 Å². The van der Waals surface area contributed by atoms with Crippen LogP contribution in [0.4, 0.5) is 0 Å². The molecule has 1 aromatic heterocycles. The Balaban J connectivity index is 1.44. The lowest BCUT2D eigenvalue weighted by molar-refractivity contribution is -0.134. The van der Waals surface area contributed by atoms with Crippen molar-refractivity contribution in [2.24, 2.45) is 0 Å². The topological polar surface area (TPSA) is 45.3 Å². The maximum Gasteiger partial charge on any atom is 0.330 e. The van der Waals surface area contributed by atoms with Crippen LogP contribution in [0.25, 0.3) is 17.0 Å². The van der Waals surface area contributed by atoms with E-state index in [2.05, 4.69) is 70.1 Å². The van der Waals surface area contributed by atoms with Crippen LogP contribution >= 0.6 is 0 Å². The summed E-state index contributed by atoms with van der Waals surface area (Å²) in [5.41, 5.74) is 6.32. The first-order chi connectivity index (χ1) is 14.2. The molecule has 4 heteroatoms. The number of para-hydroxylation sites is 1. The highest BCUT2D eigenvalue weighted by Gasteiger charge is 2.25. The van der Waals surface area contributed by atoms with Crippen molar-refractivity contribution >= 4 is 22.9 Å². The van der Waals surface area contributed by atoms with Gasteiger partial charge in [0.05, 0.1) is 7.11 Å². The molecule has 0 aliphatic carbocycles. The molecule has 4 rings (SSSR count). The predicted octanol–water partition coefficient (Wildman–Crippen LogP) is 5.04. The van der Waals surface area contributed by atoms with Crippen LogP contribution in [0.5, 0.6) is 0 Å². The number of esters is 1. The van der Waals surface area contributed by atoms with Gasteiger partial charge in [-0.15, -0.1) is 0 Å². The van der Waals surface area contributed by atoms with E-state index < -0.39 is 0 Å². The maximum atomic E-state index is 11.3. The number of hydrogen-bond acceptors (Lipinski definition) is 3. The zero-order chi connectivity index (χ0) is 20.2. The van der Waals surface area contributed by atoms with Gasteiger partial charge in [-0.1, -0.05) is 42.5 Å². The normalized spacial score (nSPS) is 17.4. The number of aromatic nitrogens is 1. The summed E-state index contributed by atoms with van der Waals surface area (Å²) in [5.74, 6) is -0.330. The number of benzene rings is 2. The van der Waals surface area contributed by atoms with E-state index >= 15 is 0 Å².